The molecule has 9 atom stereocenters. The van der Waals surface area contributed by atoms with E-state index >= 15 is 4.79 Å². The number of fused-ring (bicyclic) bond motifs is 3. The molecule has 2 bridgehead atoms. The van der Waals surface area contributed by atoms with Gasteiger partial charge in [-0.15, -0.1) is 0 Å². The van der Waals surface area contributed by atoms with Gasteiger partial charge in [-0.2, -0.15) is 0 Å². The maximum absolute atomic E-state index is 15.4. The van der Waals surface area contributed by atoms with E-state index in [1.165, 1.54) is 83.5 Å². The summed E-state index contributed by atoms with van der Waals surface area (Å²) in [4.78, 5) is 55.9. The summed E-state index contributed by atoms with van der Waals surface area (Å²) in [6, 6.07) is 0. The van der Waals surface area contributed by atoms with Crippen LogP contribution in [0.2, 0.25) is 0 Å². The summed E-state index contributed by atoms with van der Waals surface area (Å²) in [5.41, 5.74) is -4.88. The average Bonchev–Trinajstić information content (AvgIpc) is 3.61. The fourth-order valence-electron chi connectivity index (χ4n) is 11.4. The third-order valence-electron chi connectivity index (χ3n) is 15.6. The molecule has 0 heterocycles. The number of aliphatic hydroxyl groups is 2. The molecule has 0 amide bonds. The summed E-state index contributed by atoms with van der Waals surface area (Å²) in [5, 5.41) is 25.7. The van der Waals surface area contributed by atoms with E-state index in [1.54, 1.807) is 26.0 Å². The molecule has 0 aromatic carbocycles. The molecule has 0 radical (unpaired) electrons. The molecule has 0 aromatic heterocycles. The van der Waals surface area contributed by atoms with Gasteiger partial charge in [-0.1, -0.05) is 183 Å². The van der Waals surface area contributed by atoms with Gasteiger partial charge in [0.1, 0.15) is 18.3 Å². The van der Waals surface area contributed by atoms with Gasteiger partial charge in [0, 0.05) is 30.1 Å². The SMILES string of the molecule is CCCCCCCCCCCCCC(=O)OCC1=C[C@@H]2C(=O)[C@]3(C=C(C)[C@H](OC(=O)C(C)C(C)C)[C@@]3(O)[C@@H]1O)[C@H](C)C[C@]1(OC(=O)CCCCCCCCCCC)[C@H]2C1(C)C. The molecule has 4 aliphatic rings. The Morgan fingerprint density at radius 2 is 1.25 bits per heavy atom. The quantitative estimate of drug-likeness (QED) is 0.0341. The summed E-state index contributed by atoms with van der Waals surface area (Å²) in [6.45, 7) is 17.4. The lowest BCUT2D eigenvalue weighted by Gasteiger charge is -2.49. The number of hydrogen-bond donors (Lipinski definition) is 2. The summed E-state index contributed by atoms with van der Waals surface area (Å²) < 4.78 is 18.5. The maximum atomic E-state index is 15.4. The number of Topliss-reactive ketones (excluding diaryl/α,β-unsaturated/α-hetero) is 1. The zero-order valence-corrected chi connectivity index (χ0v) is 39.9. The zero-order chi connectivity index (χ0) is 45.0. The number of esters is 3. The second kappa shape index (κ2) is 22.9. The molecule has 1 unspecified atom stereocenters. The molecule has 2 fully saturated rings. The smallest absolute Gasteiger partial charge is 0.309 e. The molecule has 61 heavy (non-hydrogen) atoms. The van der Waals surface area contributed by atoms with Crippen LogP contribution >= 0.6 is 0 Å². The van der Waals surface area contributed by atoms with Crippen LogP contribution in [0.1, 0.15) is 210 Å². The fraction of sp³-hybridized carbons (Fsp3) is 0.846. The van der Waals surface area contributed by atoms with Crippen LogP contribution in [0, 0.1) is 40.4 Å². The van der Waals surface area contributed by atoms with E-state index in [1.807, 2.05) is 34.6 Å². The van der Waals surface area contributed by atoms with Crippen LogP contribution in [-0.4, -0.2) is 63.9 Å². The highest BCUT2D eigenvalue weighted by Gasteiger charge is 2.83. The Morgan fingerprint density at radius 3 is 1.74 bits per heavy atom. The first-order valence-electron chi connectivity index (χ1n) is 24.9. The Labute approximate surface area is 370 Å². The van der Waals surface area contributed by atoms with Crippen molar-refractivity contribution in [1.29, 1.82) is 0 Å². The van der Waals surface area contributed by atoms with Crippen molar-refractivity contribution < 1.29 is 43.6 Å². The van der Waals surface area contributed by atoms with Crippen LogP contribution in [-0.2, 0) is 33.4 Å². The minimum absolute atomic E-state index is 0.0432. The van der Waals surface area contributed by atoms with Gasteiger partial charge in [0.15, 0.2) is 17.5 Å². The molecule has 9 heteroatoms. The topological polar surface area (TPSA) is 136 Å². The zero-order valence-electron chi connectivity index (χ0n) is 39.9. The molecule has 1 spiro atoms. The molecular formula is C52H86O9. The highest BCUT2D eigenvalue weighted by atomic mass is 16.6. The molecule has 4 aliphatic carbocycles. The predicted molar refractivity (Wildman–Crippen MR) is 241 cm³/mol. The summed E-state index contributed by atoms with van der Waals surface area (Å²) in [6.07, 6.45) is 24.2. The van der Waals surface area contributed by atoms with Gasteiger partial charge in [0.2, 0.25) is 0 Å². The van der Waals surface area contributed by atoms with Gasteiger partial charge in [0.25, 0.3) is 0 Å². The first-order valence-corrected chi connectivity index (χ1v) is 24.9. The van der Waals surface area contributed by atoms with Crippen LogP contribution in [0.4, 0.5) is 0 Å². The second-order valence-electron chi connectivity index (χ2n) is 20.7. The van der Waals surface area contributed by atoms with E-state index in [-0.39, 0.29) is 42.7 Å². The number of ether oxygens (including phenoxy) is 3. The number of ketones is 1. The number of rotatable bonds is 28. The summed E-state index contributed by atoms with van der Waals surface area (Å²) in [7, 11) is 0. The molecule has 4 rings (SSSR count). The van der Waals surface area contributed by atoms with Crippen molar-refractivity contribution in [2.75, 3.05) is 6.61 Å². The van der Waals surface area contributed by atoms with Gasteiger partial charge < -0.3 is 24.4 Å². The normalized spacial score (nSPS) is 30.4. The van der Waals surface area contributed by atoms with Crippen molar-refractivity contribution in [2.45, 2.75) is 233 Å². The van der Waals surface area contributed by atoms with E-state index in [0.29, 0.717) is 18.4 Å². The van der Waals surface area contributed by atoms with Gasteiger partial charge in [-0.3, -0.25) is 19.2 Å². The maximum Gasteiger partial charge on any atom is 0.309 e. The van der Waals surface area contributed by atoms with Crippen molar-refractivity contribution in [3.8, 4) is 0 Å². The molecule has 348 valence electrons. The number of unbranched alkanes of at least 4 members (excludes halogenated alkanes) is 18. The van der Waals surface area contributed by atoms with Crippen molar-refractivity contribution in [2.24, 2.45) is 40.4 Å². The third-order valence-corrected chi connectivity index (χ3v) is 15.6. The van der Waals surface area contributed by atoms with Gasteiger partial charge >= 0.3 is 17.9 Å². The first-order chi connectivity index (χ1) is 29.0. The Morgan fingerprint density at radius 1 is 0.770 bits per heavy atom. The molecule has 0 aromatic rings. The monoisotopic (exact) mass is 855 g/mol. The molecule has 0 saturated heterocycles. The number of carbonyl (C=O) groups is 4. The average molecular weight is 855 g/mol. The van der Waals surface area contributed by atoms with E-state index in [4.69, 9.17) is 14.2 Å². The van der Waals surface area contributed by atoms with E-state index in [2.05, 4.69) is 13.8 Å². The molecular weight excluding hydrogens is 769 g/mol. The van der Waals surface area contributed by atoms with Crippen molar-refractivity contribution in [3.63, 3.8) is 0 Å². The number of hydrogen-bond acceptors (Lipinski definition) is 9. The lowest BCUT2D eigenvalue weighted by atomic mass is 9.59. The van der Waals surface area contributed by atoms with Gasteiger partial charge in [0.05, 0.1) is 11.3 Å². The number of carbonyl (C=O) groups excluding carboxylic acids is 4. The first kappa shape index (κ1) is 51.1. The van der Waals surface area contributed by atoms with E-state index in [0.717, 1.165) is 38.5 Å². The Balaban J connectivity index is 1.53. The summed E-state index contributed by atoms with van der Waals surface area (Å²) in [5.74, 6) is -3.98. The van der Waals surface area contributed by atoms with Crippen molar-refractivity contribution >= 4 is 23.7 Å². The highest BCUT2D eigenvalue weighted by molar-refractivity contribution is 5.96. The van der Waals surface area contributed by atoms with E-state index in [9.17, 15) is 24.6 Å². The lowest BCUT2D eigenvalue weighted by molar-refractivity contribution is -0.207. The highest BCUT2D eigenvalue weighted by Crippen LogP contribution is 2.75. The molecule has 2 saturated carbocycles. The van der Waals surface area contributed by atoms with Gasteiger partial charge in [-0.25, -0.2) is 0 Å². The predicted octanol–water partition coefficient (Wildman–Crippen LogP) is 11.5. The molecule has 9 nitrogen and oxygen atoms in total. The fourth-order valence-corrected chi connectivity index (χ4v) is 11.4. The van der Waals surface area contributed by atoms with Crippen LogP contribution in [0.25, 0.3) is 0 Å². The van der Waals surface area contributed by atoms with Crippen LogP contribution in [0.3, 0.4) is 0 Å². The van der Waals surface area contributed by atoms with Crippen molar-refractivity contribution in [3.05, 3.63) is 23.3 Å². The summed E-state index contributed by atoms with van der Waals surface area (Å²) >= 11 is 0. The van der Waals surface area contributed by atoms with Crippen LogP contribution < -0.4 is 0 Å². The largest absolute Gasteiger partial charge is 0.461 e. The number of allylic oxidation sites excluding steroid dienone is 1. The second-order valence-corrected chi connectivity index (χ2v) is 20.7. The van der Waals surface area contributed by atoms with Crippen LogP contribution in [0.15, 0.2) is 23.3 Å². The Kier molecular flexibility index (Phi) is 19.2. The standard InChI is InChI=1S/C52H86O9/c1-10-12-14-16-18-20-21-23-24-26-28-30-42(53)59-35-40-32-41-44-49(8,9)51(44,61-43(54)31-29-27-25-22-19-17-15-13-11-2)34-38(6)50(46(41)56)33-37(5)47(52(50,58)45(40)55)60-48(57)39(7)36(3)4/h32-33,36,38-39,41,44-45,47,55,58H,10-31,34-35H2,1-9H3/t38-,39?,41+,44-,45-,47+,50+,51+,52+/m1/s1. The lowest BCUT2D eigenvalue weighted by Crippen LogP contribution is -2.66. The van der Waals surface area contributed by atoms with Crippen molar-refractivity contribution in [1.82, 2.24) is 0 Å². The number of aliphatic hydroxyl groups excluding tert-OH is 1. The Bertz CT molecular complexity index is 1530. The van der Waals surface area contributed by atoms with Crippen LogP contribution in [0.5, 0.6) is 0 Å². The minimum Gasteiger partial charge on any atom is -0.461 e. The third kappa shape index (κ3) is 11.2. The molecule has 2 N–H and O–H groups in total. The molecule has 0 aliphatic heterocycles. The van der Waals surface area contributed by atoms with E-state index < -0.39 is 69.9 Å². The van der Waals surface area contributed by atoms with Gasteiger partial charge in [-0.05, 0) is 49.2 Å². The Hall–Kier alpha value is -2.52. The minimum atomic E-state index is -2.30.